The standard InChI is InChI=1S/C18H17ClN2O3/c1-21-14-9-12(19)5-4-11(14)8-15(21)18(22)20-13-6-7-16(23-2)17(10-13)24-3/h4-10H,1-3H3,(H,20,22). The van der Waals surface area contributed by atoms with E-state index in [4.69, 9.17) is 21.1 Å². The van der Waals surface area contributed by atoms with E-state index in [1.807, 2.05) is 29.8 Å². The van der Waals surface area contributed by atoms with Gasteiger partial charge in [0, 0.05) is 34.7 Å². The molecule has 0 saturated carbocycles. The molecule has 0 radical (unpaired) electrons. The molecule has 1 heterocycles. The van der Waals surface area contributed by atoms with E-state index in [1.165, 1.54) is 0 Å². The molecule has 0 saturated heterocycles. The van der Waals surface area contributed by atoms with Crippen molar-refractivity contribution in [1.29, 1.82) is 0 Å². The number of methoxy groups -OCH3 is 2. The Morgan fingerprint density at radius 1 is 1.04 bits per heavy atom. The highest BCUT2D eigenvalue weighted by atomic mass is 35.5. The Kier molecular flexibility index (Phi) is 4.36. The molecule has 0 spiro atoms. The number of ether oxygens (including phenoxy) is 2. The van der Waals surface area contributed by atoms with Crippen molar-refractivity contribution in [3.8, 4) is 11.5 Å². The van der Waals surface area contributed by atoms with E-state index in [9.17, 15) is 4.79 Å². The third-order valence-corrected chi connectivity index (χ3v) is 4.12. The number of nitrogens with zero attached hydrogens (tertiary/aromatic N) is 1. The molecule has 124 valence electrons. The SMILES string of the molecule is COc1ccc(NC(=O)c2cc3ccc(Cl)cc3n2C)cc1OC. The average Bonchev–Trinajstić information content (AvgIpc) is 2.91. The minimum Gasteiger partial charge on any atom is -0.493 e. The molecular weight excluding hydrogens is 328 g/mol. The lowest BCUT2D eigenvalue weighted by atomic mass is 10.2. The normalized spacial score (nSPS) is 10.7. The molecule has 0 aliphatic heterocycles. The highest BCUT2D eigenvalue weighted by Gasteiger charge is 2.15. The van der Waals surface area contributed by atoms with Gasteiger partial charge in [0.05, 0.1) is 14.2 Å². The first-order valence-corrected chi connectivity index (χ1v) is 7.69. The van der Waals surface area contributed by atoms with Crippen LogP contribution in [0.4, 0.5) is 5.69 Å². The van der Waals surface area contributed by atoms with Gasteiger partial charge in [-0.05, 0) is 30.3 Å². The quantitative estimate of drug-likeness (QED) is 0.775. The Hall–Kier alpha value is -2.66. The zero-order valence-electron chi connectivity index (χ0n) is 13.6. The summed E-state index contributed by atoms with van der Waals surface area (Å²) in [7, 11) is 4.95. The number of halogens is 1. The molecule has 1 N–H and O–H groups in total. The minimum absolute atomic E-state index is 0.211. The fourth-order valence-corrected chi connectivity index (χ4v) is 2.80. The number of aromatic nitrogens is 1. The van der Waals surface area contributed by atoms with E-state index in [-0.39, 0.29) is 5.91 Å². The molecule has 2 aromatic carbocycles. The fraction of sp³-hybridized carbons (Fsp3) is 0.167. The maximum absolute atomic E-state index is 12.6. The molecule has 1 amide bonds. The number of nitrogens with one attached hydrogen (secondary N) is 1. The van der Waals surface area contributed by atoms with Gasteiger partial charge in [-0.1, -0.05) is 17.7 Å². The number of carbonyl (C=O) groups excluding carboxylic acids is 1. The Labute approximate surface area is 144 Å². The van der Waals surface area contributed by atoms with Crippen LogP contribution in [0.1, 0.15) is 10.5 Å². The lowest BCUT2D eigenvalue weighted by molar-refractivity contribution is 0.101. The largest absolute Gasteiger partial charge is 0.493 e. The second-order valence-electron chi connectivity index (χ2n) is 5.32. The number of anilines is 1. The summed E-state index contributed by atoms with van der Waals surface area (Å²) in [6.07, 6.45) is 0. The number of hydrogen-bond donors (Lipinski definition) is 1. The second-order valence-corrected chi connectivity index (χ2v) is 5.75. The van der Waals surface area contributed by atoms with E-state index in [2.05, 4.69) is 5.32 Å². The molecule has 5 nitrogen and oxygen atoms in total. The Bertz CT molecular complexity index is 918. The summed E-state index contributed by atoms with van der Waals surface area (Å²) in [5.41, 5.74) is 2.07. The van der Waals surface area contributed by atoms with Gasteiger partial charge < -0.3 is 19.4 Å². The predicted octanol–water partition coefficient (Wildman–Crippen LogP) is 4.10. The summed E-state index contributed by atoms with van der Waals surface area (Å²) in [5, 5.41) is 4.46. The van der Waals surface area contributed by atoms with Gasteiger partial charge in [0.25, 0.3) is 5.91 Å². The smallest absolute Gasteiger partial charge is 0.272 e. The molecule has 6 heteroatoms. The van der Waals surface area contributed by atoms with Crippen molar-refractivity contribution in [2.24, 2.45) is 7.05 Å². The lowest BCUT2D eigenvalue weighted by Gasteiger charge is -2.11. The van der Waals surface area contributed by atoms with Gasteiger partial charge in [-0.2, -0.15) is 0 Å². The third-order valence-electron chi connectivity index (χ3n) is 3.88. The molecule has 3 aromatic rings. The van der Waals surface area contributed by atoms with Crippen LogP contribution in [0, 0.1) is 0 Å². The number of carbonyl (C=O) groups is 1. The minimum atomic E-state index is -0.211. The summed E-state index contributed by atoms with van der Waals surface area (Å²) in [6.45, 7) is 0. The molecule has 1 aromatic heterocycles. The number of hydrogen-bond acceptors (Lipinski definition) is 3. The van der Waals surface area contributed by atoms with E-state index >= 15 is 0 Å². The average molecular weight is 345 g/mol. The zero-order valence-corrected chi connectivity index (χ0v) is 14.3. The van der Waals surface area contributed by atoms with Crippen molar-refractivity contribution in [2.45, 2.75) is 0 Å². The van der Waals surface area contributed by atoms with E-state index in [1.54, 1.807) is 38.5 Å². The first-order chi connectivity index (χ1) is 11.5. The summed E-state index contributed by atoms with van der Waals surface area (Å²) in [6, 6.07) is 12.6. The van der Waals surface area contributed by atoms with Crippen LogP contribution in [0.2, 0.25) is 5.02 Å². The van der Waals surface area contributed by atoms with Gasteiger partial charge >= 0.3 is 0 Å². The van der Waals surface area contributed by atoms with E-state index in [0.29, 0.717) is 27.9 Å². The van der Waals surface area contributed by atoms with E-state index < -0.39 is 0 Å². The fourth-order valence-electron chi connectivity index (χ4n) is 2.63. The number of benzene rings is 2. The van der Waals surface area contributed by atoms with Crippen LogP contribution in [0.15, 0.2) is 42.5 Å². The van der Waals surface area contributed by atoms with Crippen LogP contribution >= 0.6 is 11.6 Å². The second kappa shape index (κ2) is 6.45. The summed E-state index contributed by atoms with van der Waals surface area (Å²) in [4.78, 5) is 12.6. The lowest BCUT2D eigenvalue weighted by Crippen LogP contribution is -2.15. The van der Waals surface area contributed by atoms with Crippen molar-refractivity contribution in [3.63, 3.8) is 0 Å². The zero-order chi connectivity index (χ0) is 17.3. The third kappa shape index (κ3) is 2.90. The first kappa shape index (κ1) is 16.2. The molecule has 0 aliphatic carbocycles. The molecule has 0 unspecified atom stereocenters. The van der Waals surface area contributed by atoms with Gasteiger partial charge in [0.2, 0.25) is 0 Å². The van der Waals surface area contributed by atoms with Gasteiger partial charge in [0.15, 0.2) is 11.5 Å². The van der Waals surface area contributed by atoms with Gasteiger partial charge in [0.1, 0.15) is 5.69 Å². The molecule has 0 fully saturated rings. The summed E-state index contributed by atoms with van der Waals surface area (Å²) in [5.74, 6) is 0.950. The van der Waals surface area contributed by atoms with E-state index in [0.717, 1.165) is 10.9 Å². The van der Waals surface area contributed by atoms with Crippen molar-refractivity contribution in [3.05, 3.63) is 53.2 Å². The van der Waals surface area contributed by atoms with Crippen LogP contribution in [0.5, 0.6) is 11.5 Å². The Morgan fingerprint density at radius 3 is 2.50 bits per heavy atom. The highest BCUT2D eigenvalue weighted by molar-refractivity contribution is 6.31. The monoisotopic (exact) mass is 344 g/mol. The molecule has 0 aliphatic rings. The van der Waals surface area contributed by atoms with Crippen LogP contribution in [0.3, 0.4) is 0 Å². The van der Waals surface area contributed by atoms with Gasteiger partial charge in [-0.25, -0.2) is 0 Å². The van der Waals surface area contributed by atoms with Crippen molar-refractivity contribution in [2.75, 3.05) is 19.5 Å². The first-order valence-electron chi connectivity index (χ1n) is 7.32. The Morgan fingerprint density at radius 2 is 1.79 bits per heavy atom. The topological polar surface area (TPSA) is 52.5 Å². The van der Waals surface area contributed by atoms with Crippen molar-refractivity contribution < 1.29 is 14.3 Å². The number of aryl methyl sites for hydroxylation is 1. The van der Waals surface area contributed by atoms with Crippen molar-refractivity contribution in [1.82, 2.24) is 4.57 Å². The maximum Gasteiger partial charge on any atom is 0.272 e. The predicted molar refractivity (Wildman–Crippen MR) is 95.4 cm³/mol. The number of rotatable bonds is 4. The summed E-state index contributed by atoms with van der Waals surface area (Å²) >= 11 is 6.03. The number of amides is 1. The van der Waals surface area contributed by atoms with Crippen molar-refractivity contribution >= 4 is 34.1 Å². The van der Waals surface area contributed by atoms with Gasteiger partial charge in [-0.15, -0.1) is 0 Å². The van der Waals surface area contributed by atoms with Crippen LogP contribution in [0.25, 0.3) is 10.9 Å². The van der Waals surface area contributed by atoms with Gasteiger partial charge in [-0.3, -0.25) is 4.79 Å². The number of fused-ring (bicyclic) bond motifs is 1. The molecule has 0 atom stereocenters. The van der Waals surface area contributed by atoms with Crippen LogP contribution < -0.4 is 14.8 Å². The van der Waals surface area contributed by atoms with Crippen LogP contribution in [-0.2, 0) is 7.05 Å². The molecule has 24 heavy (non-hydrogen) atoms. The molecule has 0 bridgehead atoms. The molecule has 3 rings (SSSR count). The highest BCUT2D eigenvalue weighted by Crippen LogP contribution is 2.30. The Balaban J connectivity index is 1.91. The summed E-state index contributed by atoms with van der Waals surface area (Å²) < 4.78 is 12.3. The maximum atomic E-state index is 12.6. The molecular formula is C18H17ClN2O3. The van der Waals surface area contributed by atoms with Crippen LogP contribution in [-0.4, -0.2) is 24.7 Å².